The summed E-state index contributed by atoms with van der Waals surface area (Å²) < 4.78 is 5.44. The average Bonchev–Trinajstić information content (AvgIpc) is 3.68. The number of ether oxygens (including phenoxy) is 1. The van der Waals surface area contributed by atoms with Crippen LogP contribution in [0.2, 0.25) is 0 Å². The number of nitrogens with one attached hydrogen (secondary N) is 3. The van der Waals surface area contributed by atoms with Crippen LogP contribution in [0.4, 0.5) is 0 Å². The molecule has 3 aromatic heterocycles. The van der Waals surface area contributed by atoms with Crippen molar-refractivity contribution in [2.45, 2.75) is 26.8 Å². The number of fused-ring (bicyclic) bond motifs is 1. The quantitative estimate of drug-likeness (QED) is 0.266. The molecule has 0 saturated carbocycles. The largest absolute Gasteiger partial charge is 0.379 e. The normalized spacial score (nSPS) is 16.9. The Morgan fingerprint density at radius 3 is 2.60 bits per heavy atom. The molecule has 6 rings (SSSR count). The molecule has 0 aliphatic carbocycles. The molecule has 222 valence electrons. The molecule has 0 bridgehead atoms. The molecule has 42 heavy (non-hydrogen) atoms. The number of hydrogen-bond donors (Lipinski definition) is 3. The van der Waals surface area contributed by atoms with Gasteiger partial charge in [-0.05, 0) is 61.8 Å². The van der Waals surface area contributed by atoms with Crippen molar-refractivity contribution in [1.29, 1.82) is 0 Å². The Morgan fingerprint density at radius 1 is 1.02 bits per heavy atom. The fraction of sp³-hybridized carbons (Fsp3) is 0.484. The van der Waals surface area contributed by atoms with Crippen LogP contribution in [0.5, 0.6) is 0 Å². The second-order valence-electron chi connectivity index (χ2n) is 11.2. The zero-order chi connectivity index (χ0) is 28.9. The highest BCUT2D eigenvalue weighted by molar-refractivity contribution is 5.96. The summed E-state index contributed by atoms with van der Waals surface area (Å²) in [5.41, 5.74) is 6.66. The summed E-state index contributed by atoms with van der Waals surface area (Å²) in [6.45, 7) is 15.1. The van der Waals surface area contributed by atoms with Crippen molar-refractivity contribution in [2.24, 2.45) is 0 Å². The molecular weight excluding hydrogens is 530 g/mol. The molecule has 5 heterocycles. The van der Waals surface area contributed by atoms with Gasteiger partial charge in [-0.2, -0.15) is 5.10 Å². The number of hydrogen-bond acceptors (Lipinski definition) is 8. The van der Waals surface area contributed by atoms with Crippen molar-refractivity contribution in [3.63, 3.8) is 0 Å². The van der Waals surface area contributed by atoms with E-state index in [0.29, 0.717) is 17.2 Å². The minimum atomic E-state index is -0.0125. The lowest BCUT2D eigenvalue weighted by molar-refractivity contribution is 0.0348. The highest BCUT2D eigenvalue weighted by Crippen LogP contribution is 2.31. The lowest BCUT2D eigenvalue weighted by Crippen LogP contribution is -2.49. The number of H-pyrrole nitrogens is 2. The molecule has 0 atom stereocenters. The smallest absolute Gasteiger partial charge is 0.272 e. The van der Waals surface area contributed by atoms with E-state index in [2.05, 4.69) is 66.2 Å². The number of carbonyl (C=O) groups is 1. The monoisotopic (exact) mass is 571 g/mol. The number of pyridine rings is 1. The molecule has 4 aromatic rings. The first kappa shape index (κ1) is 28.5. The number of aromatic nitrogens is 5. The first-order valence-corrected chi connectivity index (χ1v) is 15.1. The van der Waals surface area contributed by atoms with Gasteiger partial charge < -0.3 is 19.9 Å². The van der Waals surface area contributed by atoms with E-state index >= 15 is 0 Å². The van der Waals surface area contributed by atoms with E-state index in [-0.39, 0.29) is 5.91 Å². The molecule has 3 N–H and O–H groups in total. The Kier molecular flexibility index (Phi) is 8.90. The van der Waals surface area contributed by atoms with Crippen LogP contribution >= 0.6 is 0 Å². The van der Waals surface area contributed by atoms with Crippen LogP contribution in [-0.2, 0) is 11.3 Å². The van der Waals surface area contributed by atoms with Crippen LogP contribution in [-0.4, -0.2) is 118 Å². The van der Waals surface area contributed by atoms with Gasteiger partial charge in [0.25, 0.3) is 5.91 Å². The predicted molar refractivity (Wildman–Crippen MR) is 163 cm³/mol. The Balaban J connectivity index is 1.10. The number of rotatable bonds is 10. The first-order chi connectivity index (χ1) is 20.6. The molecule has 2 aliphatic rings. The second-order valence-corrected chi connectivity index (χ2v) is 11.2. The third-order valence-electron chi connectivity index (χ3n) is 8.50. The van der Waals surface area contributed by atoms with Gasteiger partial charge in [0.15, 0.2) is 5.82 Å². The third kappa shape index (κ3) is 6.24. The number of aromatic amines is 2. The maximum atomic E-state index is 13.3. The lowest BCUT2D eigenvalue weighted by Gasteiger charge is -2.35. The first-order valence-electron chi connectivity index (χ1n) is 15.1. The number of morpholine rings is 1. The zero-order valence-corrected chi connectivity index (χ0v) is 24.7. The topological polar surface area (TPSA) is 118 Å². The summed E-state index contributed by atoms with van der Waals surface area (Å²) in [6, 6.07) is 6.25. The van der Waals surface area contributed by atoms with Crippen LogP contribution < -0.4 is 5.32 Å². The Labute approximate surface area is 246 Å². The van der Waals surface area contributed by atoms with Gasteiger partial charge in [0, 0.05) is 69.2 Å². The van der Waals surface area contributed by atoms with E-state index in [9.17, 15) is 4.79 Å². The van der Waals surface area contributed by atoms with Gasteiger partial charge in [-0.15, -0.1) is 0 Å². The van der Waals surface area contributed by atoms with Crippen molar-refractivity contribution in [3.05, 3.63) is 53.6 Å². The summed E-state index contributed by atoms with van der Waals surface area (Å²) in [5, 5.41) is 12.0. The van der Waals surface area contributed by atoms with E-state index in [1.807, 2.05) is 23.4 Å². The van der Waals surface area contributed by atoms with Crippen molar-refractivity contribution in [3.8, 4) is 22.6 Å². The molecule has 11 heteroatoms. The summed E-state index contributed by atoms with van der Waals surface area (Å²) in [7, 11) is 0. The van der Waals surface area contributed by atoms with Crippen LogP contribution in [0.15, 0.2) is 36.8 Å². The van der Waals surface area contributed by atoms with Gasteiger partial charge in [0.05, 0.1) is 24.9 Å². The number of nitrogens with zero attached hydrogens (tertiary/aromatic N) is 6. The number of piperazine rings is 1. The highest BCUT2D eigenvalue weighted by atomic mass is 16.5. The van der Waals surface area contributed by atoms with Crippen LogP contribution in [0, 0.1) is 6.92 Å². The molecule has 11 nitrogen and oxygen atoms in total. The molecule has 1 amide bonds. The second kappa shape index (κ2) is 13.1. The van der Waals surface area contributed by atoms with Crippen molar-refractivity contribution >= 4 is 16.8 Å². The van der Waals surface area contributed by atoms with Crippen LogP contribution in [0.3, 0.4) is 0 Å². The zero-order valence-electron chi connectivity index (χ0n) is 24.7. The number of carbonyl (C=O) groups excluding carboxylic acids is 1. The predicted octanol–water partition coefficient (Wildman–Crippen LogP) is 2.91. The van der Waals surface area contributed by atoms with Gasteiger partial charge in [-0.1, -0.05) is 13.0 Å². The van der Waals surface area contributed by atoms with E-state index < -0.39 is 0 Å². The Hall–Kier alpha value is -3.64. The molecule has 1 aromatic carbocycles. The SMILES string of the molecule is CCNCc1cncc(-c2ccc3[nH]nc(-c4ncc(C(=O)N5CCN(CCCN6CCOCC6)CC5)[nH]4)c3c2)c1C. The maximum Gasteiger partial charge on any atom is 0.272 e. The standard InChI is InChI=1S/C31H41N9O2/c1-3-32-18-24-19-33-20-26(22(24)2)23-5-6-27-25(17-23)29(37-36-27)30-34-21-28(35-30)31(41)40-11-9-38(10-12-40)7-4-8-39-13-15-42-16-14-39/h5-6,17,19-21,32H,3-4,7-16,18H2,1-2H3,(H,34,35)(H,36,37). The molecular formula is C31H41N9O2. The molecule has 0 spiro atoms. The third-order valence-corrected chi connectivity index (χ3v) is 8.50. The molecule has 2 aliphatic heterocycles. The maximum absolute atomic E-state index is 13.3. The van der Waals surface area contributed by atoms with Gasteiger partial charge in [-0.25, -0.2) is 4.98 Å². The van der Waals surface area contributed by atoms with Crippen molar-refractivity contribution in [2.75, 3.05) is 72.1 Å². The summed E-state index contributed by atoms with van der Waals surface area (Å²) in [6.07, 6.45) is 6.63. The van der Waals surface area contributed by atoms with Gasteiger partial charge in [0.1, 0.15) is 11.4 Å². The van der Waals surface area contributed by atoms with Crippen LogP contribution in [0.25, 0.3) is 33.5 Å². The Bertz CT molecular complexity index is 1500. The highest BCUT2D eigenvalue weighted by Gasteiger charge is 2.24. The number of amides is 1. The fourth-order valence-electron chi connectivity index (χ4n) is 5.90. The van der Waals surface area contributed by atoms with Crippen LogP contribution in [0.1, 0.15) is 35.0 Å². The van der Waals surface area contributed by atoms with E-state index in [4.69, 9.17) is 4.74 Å². The van der Waals surface area contributed by atoms with E-state index in [0.717, 1.165) is 107 Å². The van der Waals surface area contributed by atoms with E-state index in [1.54, 1.807) is 6.20 Å². The average molecular weight is 572 g/mol. The lowest BCUT2D eigenvalue weighted by atomic mass is 9.98. The summed E-state index contributed by atoms with van der Waals surface area (Å²) in [5.74, 6) is 0.570. The molecule has 0 radical (unpaired) electrons. The fourth-order valence-corrected chi connectivity index (χ4v) is 5.90. The molecule has 2 fully saturated rings. The van der Waals surface area contributed by atoms with Gasteiger partial charge in [0.2, 0.25) is 0 Å². The molecule has 0 unspecified atom stereocenters. The van der Waals surface area contributed by atoms with Crippen molar-refractivity contribution in [1.82, 2.24) is 45.2 Å². The van der Waals surface area contributed by atoms with E-state index in [1.165, 1.54) is 11.1 Å². The number of benzene rings is 1. The summed E-state index contributed by atoms with van der Waals surface area (Å²) in [4.78, 5) is 32.5. The summed E-state index contributed by atoms with van der Waals surface area (Å²) >= 11 is 0. The van der Waals surface area contributed by atoms with Crippen molar-refractivity contribution < 1.29 is 9.53 Å². The Morgan fingerprint density at radius 2 is 1.81 bits per heavy atom. The molecule has 2 saturated heterocycles. The van der Waals surface area contributed by atoms with Gasteiger partial charge in [-0.3, -0.25) is 24.7 Å². The van der Waals surface area contributed by atoms with Gasteiger partial charge >= 0.3 is 0 Å². The minimum absolute atomic E-state index is 0.0125. The minimum Gasteiger partial charge on any atom is -0.379 e. The number of imidazole rings is 1.